The fraction of sp³-hybridized carbons (Fsp3) is 0.750. The number of esters is 2. The molecule has 8 heteroatoms. The van der Waals surface area contributed by atoms with Gasteiger partial charge in [0, 0.05) is 27.9 Å². The lowest BCUT2D eigenvalue weighted by Gasteiger charge is -2.39. The second-order valence-corrected chi connectivity index (χ2v) is 5.65. The van der Waals surface area contributed by atoms with Crippen molar-refractivity contribution in [3.63, 3.8) is 0 Å². The second kappa shape index (κ2) is 7.61. The van der Waals surface area contributed by atoms with Crippen molar-refractivity contribution in [2.24, 2.45) is 0 Å². The normalized spacial score (nSPS) is 29.6. The minimum Gasteiger partial charge on any atom is -0.457 e. The molecular weight excluding hydrogens is 288 g/mol. The molecule has 0 aliphatic carbocycles. The number of rotatable bonds is 4. The van der Waals surface area contributed by atoms with E-state index in [1.165, 1.54) is 27.9 Å². The van der Waals surface area contributed by atoms with Crippen LogP contribution in [0.1, 0.15) is 20.8 Å². The van der Waals surface area contributed by atoms with E-state index in [4.69, 9.17) is 18.9 Å². The molecule has 0 aromatic rings. The average molecular weight is 306 g/mol. The molecule has 0 spiro atoms. The zero-order valence-electron chi connectivity index (χ0n) is 11.8. The summed E-state index contributed by atoms with van der Waals surface area (Å²) < 4.78 is 20.8. The van der Waals surface area contributed by atoms with E-state index in [1.807, 2.05) is 0 Å². The Kier molecular flexibility index (Phi) is 6.44. The Hall–Kier alpha value is -1.12. The number of thioether (sulfide) groups is 1. The van der Waals surface area contributed by atoms with Crippen LogP contribution in [-0.4, -0.2) is 54.5 Å². The van der Waals surface area contributed by atoms with Crippen molar-refractivity contribution in [3.8, 4) is 0 Å². The molecule has 0 radical (unpaired) electrons. The Bertz CT molecular complexity index is 384. The largest absolute Gasteiger partial charge is 0.457 e. The molecule has 1 aliphatic heterocycles. The number of hydrogen-bond acceptors (Lipinski definition) is 8. The maximum atomic E-state index is 11.3. The Morgan fingerprint density at radius 3 is 2.05 bits per heavy atom. The standard InChI is InChI=1S/C12H18O7S/c1-6(13)18-10-9(20-8(3)15)5-17-12(16-4)11(10)19-7(2)14/h9-12H,5H2,1-4H3. The Balaban J connectivity index is 2.95. The summed E-state index contributed by atoms with van der Waals surface area (Å²) >= 11 is 0.981. The third-order valence-corrected chi connectivity index (χ3v) is 3.58. The van der Waals surface area contributed by atoms with E-state index < -0.39 is 35.7 Å². The van der Waals surface area contributed by atoms with Crippen molar-refractivity contribution in [2.45, 2.75) is 44.5 Å². The van der Waals surface area contributed by atoms with Crippen molar-refractivity contribution in [1.82, 2.24) is 0 Å². The number of carbonyl (C=O) groups excluding carboxylic acids is 3. The first-order valence-corrected chi connectivity index (χ1v) is 6.89. The smallest absolute Gasteiger partial charge is 0.303 e. The molecule has 4 atom stereocenters. The fourth-order valence-electron chi connectivity index (χ4n) is 1.91. The van der Waals surface area contributed by atoms with Gasteiger partial charge in [0.2, 0.25) is 0 Å². The van der Waals surface area contributed by atoms with Crippen molar-refractivity contribution >= 4 is 28.8 Å². The van der Waals surface area contributed by atoms with Crippen molar-refractivity contribution < 1.29 is 33.3 Å². The maximum absolute atomic E-state index is 11.3. The molecule has 1 heterocycles. The Labute approximate surface area is 121 Å². The van der Waals surface area contributed by atoms with Crippen molar-refractivity contribution in [3.05, 3.63) is 0 Å². The molecule has 114 valence electrons. The van der Waals surface area contributed by atoms with Gasteiger partial charge in [-0.05, 0) is 0 Å². The van der Waals surface area contributed by atoms with Gasteiger partial charge in [-0.3, -0.25) is 14.4 Å². The second-order valence-electron chi connectivity index (χ2n) is 4.23. The highest BCUT2D eigenvalue weighted by atomic mass is 32.2. The quantitative estimate of drug-likeness (QED) is 0.694. The van der Waals surface area contributed by atoms with E-state index in [0.717, 1.165) is 11.8 Å². The topological polar surface area (TPSA) is 88.1 Å². The number of carbonyl (C=O) groups is 3. The number of ether oxygens (including phenoxy) is 4. The highest BCUT2D eigenvalue weighted by molar-refractivity contribution is 8.14. The third-order valence-electron chi connectivity index (χ3n) is 2.54. The summed E-state index contributed by atoms with van der Waals surface area (Å²) in [5, 5.41) is -0.597. The van der Waals surface area contributed by atoms with Crippen LogP contribution in [0.25, 0.3) is 0 Å². The van der Waals surface area contributed by atoms with Gasteiger partial charge in [-0.2, -0.15) is 0 Å². The molecule has 0 saturated carbocycles. The van der Waals surface area contributed by atoms with Crippen LogP contribution < -0.4 is 0 Å². The zero-order valence-corrected chi connectivity index (χ0v) is 12.6. The Morgan fingerprint density at radius 1 is 1.05 bits per heavy atom. The lowest BCUT2D eigenvalue weighted by atomic mass is 10.1. The van der Waals surface area contributed by atoms with Crippen LogP contribution in [0, 0.1) is 0 Å². The molecule has 0 bridgehead atoms. The first-order chi connectivity index (χ1) is 9.35. The van der Waals surface area contributed by atoms with Gasteiger partial charge in [0.1, 0.15) is 0 Å². The first kappa shape index (κ1) is 16.9. The summed E-state index contributed by atoms with van der Waals surface area (Å²) in [6, 6.07) is 0. The molecule has 20 heavy (non-hydrogen) atoms. The van der Waals surface area contributed by atoms with Gasteiger partial charge < -0.3 is 18.9 Å². The highest BCUT2D eigenvalue weighted by Gasteiger charge is 2.46. The van der Waals surface area contributed by atoms with Crippen LogP contribution in [0.5, 0.6) is 0 Å². The Morgan fingerprint density at radius 2 is 1.60 bits per heavy atom. The number of hydrogen-bond donors (Lipinski definition) is 0. The van der Waals surface area contributed by atoms with Gasteiger partial charge in [0.05, 0.1) is 11.9 Å². The zero-order chi connectivity index (χ0) is 15.3. The van der Waals surface area contributed by atoms with Crippen molar-refractivity contribution in [2.75, 3.05) is 13.7 Å². The summed E-state index contributed by atoms with van der Waals surface area (Å²) in [4.78, 5) is 33.7. The van der Waals surface area contributed by atoms with E-state index in [9.17, 15) is 14.4 Å². The molecule has 4 unspecified atom stereocenters. The van der Waals surface area contributed by atoms with Gasteiger partial charge >= 0.3 is 11.9 Å². The van der Waals surface area contributed by atoms with Crippen LogP contribution in [0.15, 0.2) is 0 Å². The van der Waals surface area contributed by atoms with E-state index in [-0.39, 0.29) is 11.7 Å². The summed E-state index contributed by atoms with van der Waals surface area (Å²) in [6.07, 6.45) is -2.55. The number of methoxy groups -OCH3 is 1. The average Bonchev–Trinajstić information content (AvgIpc) is 2.31. The van der Waals surface area contributed by atoms with Crippen LogP contribution >= 0.6 is 11.8 Å². The van der Waals surface area contributed by atoms with E-state index >= 15 is 0 Å². The van der Waals surface area contributed by atoms with Crippen LogP contribution in [-0.2, 0) is 33.3 Å². The molecule has 1 fully saturated rings. The van der Waals surface area contributed by atoms with Crippen LogP contribution in [0.3, 0.4) is 0 Å². The third kappa shape index (κ3) is 4.77. The molecule has 0 aromatic carbocycles. The van der Waals surface area contributed by atoms with E-state index in [1.54, 1.807) is 0 Å². The highest BCUT2D eigenvalue weighted by Crippen LogP contribution is 2.30. The van der Waals surface area contributed by atoms with E-state index in [0.29, 0.717) is 0 Å². The van der Waals surface area contributed by atoms with Gasteiger partial charge in [0.25, 0.3) is 0 Å². The predicted molar refractivity (Wildman–Crippen MR) is 69.9 cm³/mol. The van der Waals surface area contributed by atoms with Gasteiger partial charge in [-0.1, -0.05) is 11.8 Å². The van der Waals surface area contributed by atoms with Gasteiger partial charge in [0.15, 0.2) is 23.6 Å². The van der Waals surface area contributed by atoms with Crippen molar-refractivity contribution in [1.29, 1.82) is 0 Å². The molecule has 7 nitrogen and oxygen atoms in total. The summed E-state index contributed by atoms with van der Waals surface area (Å²) in [7, 11) is 1.39. The summed E-state index contributed by atoms with van der Waals surface area (Å²) in [5.74, 6) is -1.08. The SMILES string of the molecule is COC1OCC(SC(C)=O)C(OC(C)=O)C1OC(C)=O. The molecule has 0 aromatic heterocycles. The molecule has 1 aliphatic rings. The summed E-state index contributed by atoms with van der Waals surface area (Å²) in [5.41, 5.74) is 0. The molecular formula is C12H18O7S. The predicted octanol–water partition coefficient (Wildman–Crippen LogP) is 0.501. The fourth-order valence-corrected chi connectivity index (χ4v) is 2.83. The monoisotopic (exact) mass is 306 g/mol. The lowest BCUT2D eigenvalue weighted by molar-refractivity contribution is -0.245. The molecule has 0 N–H and O–H groups in total. The van der Waals surface area contributed by atoms with Gasteiger partial charge in [-0.25, -0.2) is 0 Å². The molecule has 1 saturated heterocycles. The van der Waals surface area contributed by atoms with Crippen LogP contribution in [0.2, 0.25) is 0 Å². The minimum atomic E-state index is -0.910. The van der Waals surface area contributed by atoms with Crippen LogP contribution in [0.4, 0.5) is 0 Å². The summed E-state index contributed by atoms with van der Waals surface area (Å²) in [6.45, 7) is 4.04. The first-order valence-electron chi connectivity index (χ1n) is 6.01. The maximum Gasteiger partial charge on any atom is 0.303 e. The van der Waals surface area contributed by atoms with E-state index in [2.05, 4.69) is 0 Å². The molecule has 0 amide bonds. The lowest BCUT2D eigenvalue weighted by Crippen LogP contribution is -2.56. The molecule has 1 rings (SSSR count). The minimum absolute atomic E-state index is 0.145. The van der Waals surface area contributed by atoms with Gasteiger partial charge in [-0.15, -0.1) is 0 Å².